The van der Waals surface area contributed by atoms with Crippen molar-refractivity contribution in [1.29, 1.82) is 0 Å². The molecule has 3 fully saturated rings. The second-order valence-corrected chi connectivity index (χ2v) is 8.43. The lowest BCUT2D eigenvalue weighted by molar-refractivity contribution is -0.00643. The summed E-state index contributed by atoms with van der Waals surface area (Å²) in [6.07, 6.45) is 5.24. The summed E-state index contributed by atoms with van der Waals surface area (Å²) in [4.78, 5) is 16.4. The third-order valence-corrected chi connectivity index (χ3v) is 6.85. The van der Waals surface area contributed by atoms with Gasteiger partial charge in [-0.2, -0.15) is 0 Å². The van der Waals surface area contributed by atoms with Crippen LogP contribution in [0.5, 0.6) is 0 Å². The van der Waals surface area contributed by atoms with Crippen LogP contribution in [-0.4, -0.2) is 60.3 Å². The van der Waals surface area contributed by atoms with E-state index < -0.39 is 5.60 Å². The lowest BCUT2D eigenvalue weighted by Crippen LogP contribution is -2.36. The lowest BCUT2D eigenvalue weighted by atomic mass is 9.82. The lowest BCUT2D eigenvalue weighted by Gasteiger charge is -2.31. The van der Waals surface area contributed by atoms with Gasteiger partial charge < -0.3 is 19.6 Å². The van der Waals surface area contributed by atoms with E-state index in [1.807, 2.05) is 6.92 Å². The molecule has 3 atom stereocenters. The summed E-state index contributed by atoms with van der Waals surface area (Å²) in [5, 5.41) is 11.5. The van der Waals surface area contributed by atoms with Crippen molar-refractivity contribution in [1.82, 2.24) is 9.80 Å². The van der Waals surface area contributed by atoms with Gasteiger partial charge in [-0.05, 0) is 69.2 Å². The number of carbonyl (C=O) groups excluding carboxylic acids is 1. The van der Waals surface area contributed by atoms with E-state index in [0.29, 0.717) is 25.6 Å². The highest BCUT2D eigenvalue weighted by molar-refractivity contribution is 5.68. The molecule has 2 aliphatic heterocycles. The minimum atomic E-state index is -0.820. The summed E-state index contributed by atoms with van der Waals surface area (Å²) in [6, 6.07) is 8.56. The van der Waals surface area contributed by atoms with E-state index in [4.69, 9.17) is 4.74 Å². The van der Waals surface area contributed by atoms with Crippen molar-refractivity contribution in [2.45, 2.75) is 44.6 Å². The van der Waals surface area contributed by atoms with Gasteiger partial charge >= 0.3 is 6.09 Å². The van der Waals surface area contributed by atoms with Gasteiger partial charge in [0.25, 0.3) is 0 Å². The number of likely N-dealkylation sites (tertiary alicyclic amines) is 2. The average molecular weight is 373 g/mol. The Morgan fingerprint density at radius 3 is 2.67 bits per heavy atom. The van der Waals surface area contributed by atoms with E-state index in [0.717, 1.165) is 31.4 Å². The Hall–Kier alpha value is -1.59. The molecule has 5 heteroatoms. The number of hydrogen-bond acceptors (Lipinski definition) is 4. The SMILES string of the molecule is CCOC(=O)N1CC2CCC(O)(c3ccc(CCN4CCCC4)cc3)C2C1. The summed E-state index contributed by atoms with van der Waals surface area (Å²) in [7, 11) is 0. The summed E-state index contributed by atoms with van der Waals surface area (Å²) < 4.78 is 5.15. The molecular formula is C22H32N2O3. The highest BCUT2D eigenvalue weighted by Crippen LogP contribution is 2.50. The van der Waals surface area contributed by atoms with Crippen molar-refractivity contribution in [3.8, 4) is 0 Å². The normalized spacial score (nSPS) is 30.7. The van der Waals surface area contributed by atoms with Crippen molar-refractivity contribution >= 4 is 6.09 Å². The van der Waals surface area contributed by atoms with Crippen LogP contribution in [-0.2, 0) is 16.8 Å². The second-order valence-electron chi connectivity index (χ2n) is 8.43. The number of fused-ring (bicyclic) bond motifs is 1. The van der Waals surface area contributed by atoms with E-state index in [1.165, 1.54) is 31.5 Å². The van der Waals surface area contributed by atoms with Crippen molar-refractivity contribution < 1.29 is 14.6 Å². The Kier molecular flexibility index (Phi) is 5.42. The standard InChI is InChI=1S/C22H32N2O3/c1-2-27-21(25)24-15-18-9-11-22(26,20(18)16-24)19-7-5-17(6-8-19)10-14-23-12-3-4-13-23/h5-8,18,20,26H,2-4,9-16H2,1H3. The number of benzene rings is 1. The third kappa shape index (κ3) is 3.72. The van der Waals surface area contributed by atoms with Gasteiger partial charge in [-0.3, -0.25) is 0 Å². The van der Waals surface area contributed by atoms with Crippen LogP contribution >= 0.6 is 0 Å². The van der Waals surface area contributed by atoms with Gasteiger partial charge in [0, 0.05) is 25.6 Å². The molecule has 2 heterocycles. The van der Waals surface area contributed by atoms with Crippen molar-refractivity contribution in [2.24, 2.45) is 11.8 Å². The van der Waals surface area contributed by atoms with E-state index in [2.05, 4.69) is 29.2 Å². The van der Waals surface area contributed by atoms with E-state index >= 15 is 0 Å². The fourth-order valence-corrected chi connectivity index (χ4v) is 5.27. The maximum atomic E-state index is 12.1. The number of hydrogen-bond donors (Lipinski definition) is 1. The maximum Gasteiger partial charge on any atom is 0.409 e. The molecule has 1 aliphatic carbocycles. The number of ether oxygens (including phenoxy) is 1. The van der Waals surface area contributed by atoms with Gasteiger partial charge in [0.2, 0.25) is 0 Å². The third-order valence-electron chi connectivity index (χ3n) is 6.85. The summed E-state index contributed by atoms with van der Waals surface area (Å²) in [5.41, 5.74) is 1.52. The summed E-state index contributed by atoms with van der Waals surface area (Å²) in [5.74, 6) is 0.478. The zero-order valence-electron chi connectivity index (χ0n) is 16.4. The average Bonchev–Trinajstić information content (AvgIpc) is 3.40. The molecule has 3 unspecified atom stereocenters. The molecule has 1 N–H and O–H groups in total. The fraction of sp³-hybridized carbons (Fsp3) is 0.682. The highest BCUT2D eigenvalue weighted by Gasteiger charge is 2.53. The van der Waals surface area contributed by atoms with Crippen molar-refractivity contribution in [3.05, 3.63) is 35.4 Å². The van der Waals surface area contributed by atoms with Crippen LogP contribution in [0.2, 0.25) is 0 Å². The van der Waals surface area contributed by atoms with Gasteiger partial charge in [0.1, 0.15) is 0 Å². The first-order valence-corrected chi connectivity index (χ1v) is 10.6. The summed E-state index contributed by atoms with van der Waals surface area (Å²) in [6.45, 7) is 7.12. The molecule has 3 aliphatic rings. The zero-order chi connectivity index (χ0) is 18.9. The monoisotopic (exact) mass is 372 g/mol. The molecule has 1 saturated carbocycles. The van der Waals surface area contributed by atoms with Gasteiger partial charge in [-0.15, -0.1) is 0 Å². The first-order valence-electron chi connectivity index (χ1n) is 10.6. The molecule has 0 spiro atoms. The number of rotatable bonds is 5. The molecule has 1 aromatic rings. The Labute approximate surface area is 162 Å². The molecule has 148 valence electrons. The molecule has 27 heavy (non-hydrogen) atoms. The predicted molar refractivity (Wildman–Crippen MR) is 105 cm³/mol. The molecule has 0 bridgehead atoms. The molecule has 4 rings (SSSR count). The topological polar surface area (TPSA) is 53.0 Å². The van der Waals surface area contributed by atoms with Gasteiger partial charge in [0.05, 0.1) is 12.2 Å². The highest BCUT2D eigenvalue weighted by atomic mass is 16.6. The fourth-order valence-electron chi connectivity index (χ4n) is 5.27. The minimum absolute atomic E-state index is 0.109. The Balaban J connectivity index is 1.40. The van der Waals surface area contributed by atoms with Crippen LogP contribution < -0.4 is 0 Å². The van der Waals surface area contributed by atoms with Crippen LogP contribution in [0.3, 0.4) is 0 Å². The van der Waals surface area contributed by atoms with E-state index in [9.17, 15) is 9.90 Å². The van der Waals surface area contributed by atoms with E-state index in [-0.39, 0.29) is 12.0 Å². The van der Waals surface area contributed by atoms with Crippen LogP contribution in [0.4, 0.5) is 4.79 Å². The molecular weight excluding hydrogens is 340 g/mol. The second kappa shape index (κ2) is 7.80. The predicted octanol–water partition coefficient (Wildman–Crippen LogP) is 3.01. The first-order chi connectivity index (χ1) is 13.1. The van der Waals surface area contributed by atoms with Gasteiger partial charge in [0.15, 0.2) is 0 Å². The van der Waals surface area contributed by atoms with Gasteiger partial charge in [-0.25, -0.2) is 4.79 Å². The molecule has 5 nitrogen and oxygen atoms in total. The van der Waals surface area contributed by atoms with Crippen LogP contribution in [0, 0.1) is 11.8 Å². The van der Waals surface area contributed by atoms with Crippen molar-refractivity contribution in [3.63, 3.8) is 0 Å². The molecule has 2 saturated heterocycles. The molecule has 1 aromatic carbocycles. The Morgan fingerprint density at radius 1 is 1.22 bits per heavy atom. The largest absolute Gasteiger partial charge is 0.450 e. The molecule has 0 radical (unpaired) electrons. The Bertz CT molecular complexity index is 656. The first kappa shape index (κ1) is 18.8. The van der Waals surface area contributed by atoms with Crippen LogP contribution in [0.15, 0.2) is 24.3 Å². The van der Waals surface area contributed by atoms with Crippen LogP contribution in [0.25, 0.3) is 0 Å². The smallest absolute Gasteiger partial charge is 0.409 e. The van der Waals surface area contributed by atoms with Gasteiger partial charge in [-0.1, -0.05) is 24.3 Å². The summed E-state index contributed by atoms with van der Waals surface area (Å²) >= 11 is 0. The minimum Gasteiger partial charge on any atom is -0.450 e. The molecule has 1 amide bonds. The zero-order valence-corrected chi connectivity index (χ0v) is 16.4. The van der Waals surface area contributed by atoms with E-state index in [1.54, 1.807) is 4.90 Å². The number of amides is 1. The Morgan fingerprint density at radius 2 is 1.96 bits per heavy atom. The number of carbonyl (C=O) groups is 1. The molecule has 0 aromatic heterocycles. The van der Waals surface area contributed by atoms with Crippen LogP contribution in [0.1, 0.15) is 43.7 Å². The number of nitrogens with zero attached hydrogens (tertiary/aromatic N) is 2. The quantitative estimate of drug-likeness (QED) is 0.863. The van der Waals surface area contributed by atoms with Crippen molar-refractivity contribution in [2.75, 3.05) is 39.3 Å². The maximum absolute atomic E-state index is 12.1. The number of aliphatic hydroxyl groups is 1.